The number of carbonyl (C=O) groups excluding carboxylic acids is 2. The number of sulfone groups is 1. The Kier molecular flexibility index (Phi) is 6.03. The third-order valence-electron chi connectivity index (χ3n) is 4.05. The Morgan fingerprint density at radius 1 is 1.11 bits per heavy atom. The zero-order valence-corrected chi connectivity index (χ0v) is 16.1. The molecule has 0 aliphatic heterocycles. The first-order chi connectivity index (χ1) is 12.8. The van der Waals surface area contributed by atoms with Crippen LogP contribution in [0.3, 0.4) is 0 Å². The maximum absolute atomic E-state index is 12.7. The molecule has 2 rings (SSSR count). The molecule has 0 spiro atoms. The highest BCUT2D eigenvalue weighted by molar-refractivity contribution is 7.90. The lowest BCUT2D eigenvalue weighted by molar-refractivity contribution is -0.141. The van der Waals surface area contributed by atoms with E-state index >= 15 is 0 Å². The molecular formula is C18H18F3NO5S. The molecular weight excluding hydrogens is 399 g/mol. The van der Waals surface area contributed by atoms with Gasteiger partial charge in [-0.3, -0.25) is 4.79 Å². The fourth-order valence-corrected chi connectivity index (χ4v) is 3.63. The summed E-state index contributed by atoms with van der Waals surface area (Å²) in [5.41, 5.74) is 0.130. The molecule has 0 saturated heterocycles. The van der Waals surface area contributed by atoms with Crippen molar-refractivity contribution in [3.63, 3.8) is 0 Å². The number of esters is 1. The van der Waals surface area contributed by atoms with Gasteiger partial charge in [-0.25, -0.2) is 13.2 Å². The van der Waals surface area contributed by atoms with Crippen molar-refractivity contribution >= 4 is 21.6 Å². The fourth-order valence-electron chi connectivity index (χ4n) is 2.75. The zero-order chi connectivity index (χ0) is 21.3. The maximum atomic E-state index is 12.7. The Morgan fingerprint density at radius 2 is 1.71 bits per heavy atom. The van der Waals surface area contributed by atoms with Crippen LogP contribution in [0.5, 0.6) is 0 Å². The number of ether oxygens (including phenoxy) is 1. The van der Waals surface area contributed by atoms with Crippen LogP contribution < -0.4 is 0 Å². The standard InChI is InChI=1S/C18H18F3NO5S/c1-11-8-14(12(2)22(11)10-18(19,20)21)15(23)9-27-17(24)13-6-4-5-7-16(13)28(3,25)26/h4-8H,9-10H2,1-3H3. The van der Waals surface area contributed by atoms with E-state index in [-0.39, 0.29) is 27.4 Å². The molecule has 0 unspecified atom stereocenters. The molecule has 0 radical (unpaired) electrons. The SMILES string of the molecule is Cc1cc(C(=O)COC(=O)c2ccccc2S(C)(=O)=O)c(C)n1CC(F)(F)F. The molecule has 0 bridgehead atoms. The molecule has 28 heavy (non-hydrogen) atoms. The average molecular weight is 417 g/mol. The molecule has 1 aromatic heterocycles. The lowest BCUT2D eigenvalue weighted by Crippen LogP contribution is -2.20. The van der Waals surface area contributed by atoms with Gasteiger partial charge in [0.05, 0.1) is 10.5 Å². The van der Waals surface area contributed by atoms with Gasteiger partial charge in [0.25, 0.3) is 0 Å². The van der Waals surface area contributed by atoms with Crippen molar-refractivity contribution in [1.29, 1.82) is 0 Å². The number of benzene rings is 1. The second kappa shape index (κ2) is 7.78. The van der Waals surface area contributed by atoms with Crippen molar-refractivity contribution in [3.8, 4) is 0 Å². The number of alkyl halides is 3. The predicted molar refractivity (Wildman–Crippen MR) is 94.1 cm³/mol. The van der Waals surface area contributed by atoms with Crippen LogP contribution in [0.15, 0.2) is 35.2 Å². The molecule has 1 aromatic carbocycles. The number of nitrogens with zero attached hydrogens (tertiary/aromatic N) is 1. The second-order valence-electron chi connectivity index (χ2n) is 6.25. The van der Waals surface area contributed by atoms with Crippen molar-refractivity contribution in [2.45, 2.75) is 31.5 Å². The van der Waals surface area contributed by atoms with Gasteiger partial charge in [-0.05, 0) is 32.0 Å². The van der Waals surface area contributed by atoms with Crippen molar-refractivity contribution in [2.24, 2.45) is 0 Å². The molecule has 2 aromatic rings. The maximum Gasteiger partial charge on any atom is 0.406 e. The number of aryl methyl sites for hydroxylation is 1. The third kappa shape index (κ3) is 5.00. The Morgan fingerprint density at radius 3 is 2.29 bits per heavy atom. The van der Waals surface area contributed by atoms with Crippen LogP contribution in [0.25, 0.3) is 0 Å². The highest BCUT2D eigenvalue weighted by Gasteiger charge is 2.30. The molecule has 6 nitrogen and oxygen atoms in total. The lowest BCUT2D eigenvalue weighted by atomic mass is 10.1. The van der Waals surface area contributed by atoms with Crippen LogP contribution >= 0.6 is 0 Å². The van der Waals surface area contributed by atoms with Gasteiger partial charge in [0.15, 0.2) is 16.4 Å². The Bertz CT molecular complexity index is 1020. The van der Waals surface area contributed by atoms with Gasteiger partial charge in [-0.2, -0.15) is 13.2 Å². The summed E-state index contributed by atoms with van der Waals surface area (Å²) < 4.78 is 67.3. The van der Waals surface area contributed by atoms with Crippen LogP contribution in [0, 0.1) is 13.8 Å². The van der Waals surface area contributed by atoms with Crippen molar-refractivity contribution in [2.75, 3.05) is 12.9 Å². The molecule has 0 atom stereocenters. The lowest BCUT2D eigenvalue weighted by Gasteiger charge is -2.12. The van der Waals surface area contributed by atoms with Crippen molar-refractivity contribution < 1.29 is 35.9 Å². The van der Waals surface area contributed by atoms with Gasteiger partial charge in [0.1, 0.15) is 6.54 Å². The van der Waals surface area contributed by atoms with Crippen LogP contribution in [-0.4, -0.2) is 43.8 Å². The van der Waals surface area contributed by atoms with E-state index in [9.17, 15) is 31.2 Å². The van der Waals surface area contributed by atoms with Crippen LogP contribution in [0.4, 0.5) is 13.2 Å². The summed E-state index contributed by atoms with van der Waals surface area (Å²) in [4.78, 5) is 24.3. The zero-order valence-electron chi connectivity index (χ0n) is 15.3. The first-order valence-corrected chi connectivity index (χ1v) is 9.93. The fraction of sp³-hybridized carbons (Fsp3) is 0.333. The van der Waals surface area contributed by atoms with E-state index < -0.39 is 40.9 Å². The summed E-state index contributed by atoms with van der Waals surface area (Å²) in [5, 5.41) is 0. The number of rotatable bonds is 6. The number of Topliss-reactive ketones (excluding diaryl/α,β-unsaturated/α-hetero) is 1. The molecule has 0 amide bonds. The number of hydrogen-bond donors (Lipinski definition) is 0. The summed E-state index contributed by atoms with van der Waals surface area (Å²) in [6.07, 6.45) is -3.52. The van der Waals surface area contributed by atoms with Gasteiger partial charge in [-0.15, -0.1) is 0 Å². The largest absolute Gasteiger partial charge is 0.454 e. The van der Waals surface area contributed by atoms with Gasteiger partial charge in [0, 0.05) is 23.2 Å². The Hall–Kier alpha value is -2.62. The minimum Gasteiger partial charge on any atom is -0.454 e. The normalized spacial score (nSPS) is 12.1. The van der Waals surface area contributed by atoms with Crippen molar-refractivity contribution in [1.82, 2.24) is 4.57 Å². The molecule has 0 N–H and O–H groups in total. The van der Waals surface area contributed by atoms with E-state index in [1.807, 2.05) is 0 Å². The smallest absolute Gasteiger partial charge is 0.406 e. The van der Waals surface area contributed by atoms with Crippen LogP contribution in [0.1, 0.15) is 32.1 Å². The minimum absolute atomic E-state index is 0.00551. The molecule has 0 fully saturated rings. The van der Waals surface area contributed by atoms with E-state index in [0.717, 1.165) is 10.8 Å². The van der Waals surface area contributed by atoms with E-state index in [4.69, 9.17) is 4.74 Å². The molecule has 152 valence electrons. The third-order valence-corrected chi connectivity index (χ3v) is 5.21. The van der Waals surface area contributed by atoms with Gasteiger partial charge in [-0.1, -0.05) is 12.1 Å². The van der Waals surface area contributed by atoms with E-state index in [1.165, 1.54) is 44.2 Å². The van der Waals surface area contributed by atoms with E-state index in [2.05, 4.69) is 0 Å². The predicted octanol–water partition coefficient (Wildman–Crippen LogP) is 3.11. The number of halogens is 3. The number of hydrogen-bond acceptors (Lipinski definition) is 5. The summed E-state index contributed by atoms with van der Waals surface area (Å²) in [7, 11) is -3.69. The van der Waals surface area contributed by atoms with E-state index in [1.54, 1.807) is 0 Å². The second-order valence-corrected chi connectivity index (χ2v) is 8.24. The summed E-state index contributed by atoms with van der Waals surface area (Å²) in [6.45, 7) is 0.837. The topological polar surface area (TPSA) is 82.4 Å². The number of aromatic nitrogens is 1. The molecule has 0 aliphatic rings. The summed E-state index contributed by atoms with van der Waals surface area (Å²) in [5.74, 6) is -1.70. The molecule has 1 heterocycles. The van der Waals surface area contributed by atoms with Crippen LogP contribution in [0.2, 0.25) is 0 Å². The van der Waals surface area contributed by atoms with Gasteiger partial charge < -0.3 is 9.30 Å². The first kappa shape index (κ1) is 21.7. The van der Waals surface area contributed by atoms with E-state index in [0.29, 0.717) is 0 Å². The number of ketones is 1. The van der Waals surface area contributed by atoms with Crippen LogP contribution in [-0.2, 0) is 21.1 Å². The molecule has 0 aliphatic carbocycles. The quantitative estimate of drug-likeness (QED) is 0.533. The highest BCUT2D eigenvalue weighted by Crippen LogP contribution is 2.23. The minimum atomic E-state index is -4.45. The van der Waals surface area contributed by atoms with Gasteiger partial charge >= 0.3 is 12.1 Å². The Balaban J connectivity index is 2.18. The van der Waals surface area contributed by atoms with Crippen molar-refractivity contribution in [3.05, 3.63) is 52.8 Å². The summed E-state index contributed by atoms with van der Waals surface area (Å²) >= 11 is 0. The molecule has 0 saturated carbocycles. The number of carbonyl (C=O) groups is 2. The average Bonchev–Trinajstić information content (AvgIpc) is 2.85. The Labute approximate surface area is 159 Å². The highest BCUT2D eigenvalue weighted by atomic mass is 32.2. The summed E-state index contributed by atoms with van der Waals surface area (Å²) in [6, 6.07) is 6.66. The first-order valence-electron chi connectivity index (χ1n) is 8.04. The molecule has 10 heteroatoms. The monoisotopic (exact) mass is 417 g/mol. The van der Waals surface area contributed by atoms with Gasteiger partial charge in [0.2, 0.25) is 5.78 Å².